The number of aromatic amines is 1. The summed E-state index contributed by atoms with van der Waals surface area (Å²) in [5.41, 5.74) is 1.01. The van der Waals surface area contributed by atoms with Gasteiger partial charge in [0, 0.05) is 22.1 Å². The van der Waals surface area contributed by atoms with Crippen molar-refractivity contribution < 1.29 is 0 Å². The maximum atomic E-state index is 5.85. The predicted molar refractivity (Wildman–Crippen MR) is 48.3 cm³/mol. The molecule has 0 aliphatic heterocycles. The Morgan fingerprint density at radius 3 is 2.82 bits per heavy atom. The maximum absolute atomic E-state index is 5.85. The van der Waals surface area contributed by atoms with Crippen LogP contribution in [0.1, 0.15) is 0 Å². The van der Waals surface area contributed by atoms with Gasteiger partial charge in [-0.1, -0.05) is 23.2 Å². The number of benzene rings is 1. The topological polar surface area (TPSA) is 15.8 Å². The maximum Gasteiger partial charge on any atom is 0.0659 e. The molecule has 0 aliphatic carbocycles. The first kappa shape index (κ1) is 7.01. The Morgan fingerprint density at radius 1 is 1.18 bits per heavy atom. The van der Waals surface area contributed by atoms with Crippen LogP contribution in [0.5, 0.6) is 0 Å². The predicted octanol–water partition coefficient (Wildman–Crippen LogP) is 3.47. The molecule has 1 N–H and O–H groups in total. The molecular weight excluding hydrogens is 181 g/mol. The summed E-state index contributed by atoms with van der Waals surface area (Å²) in [7, 11) is 0. The lowest BCUT2D eigenvalue weighted by Gasteiger charge is -1.90. The van der Waals surface area contributed by atoms with E-state index in [1.54, 1.807) is 6.20 Å². The molecular formula is C8H5Cl2N. The average Bonchev–Trinajstić information content (AvgIpc) is 2.33. The first-order chi connectivity index (χ1) is 5.27. The van der Waals surface area contributed by atoms with Gasteiger partial charge in [0.25, 0.3) is 0 Å². The first-order valence-corrected chi connectivity index (χ1v) is 3.95. The van der Waals surface area contributed by atoms with Gasteiger partial charge in [-0.3, -0.25) is 0 Å². The van der Waals surface area contributed by atoms with Crippen molar-refractivity contribution in [2.75, 3.05) is 0 Å². The van der Waals surface area contributed by atoms with Crippen LogP contribution in [-0.2, 0) is 0 Å². The first-order valence-electron chi connectivity index (χ1n) is 3.19. The summed E-state index contributed by atoms with van der Waals surface area (Å²) < 4.78 is 0. The van der Waals surface area contributed by atoms with Crippen molar-refractivity contribution in [1.82, 2.24) is 4.98 Å². The number of nitrogens with one attached hydrogen (secondary N) is 1. The molecule has 0 amide bonds. The lowest BCUT2D eigenvalue weighted by Crippen LogP contribution is -1.66. The molecule has 56 valence electrons. The van der Waals surface area contributed by atoms with E-state index in [9.17, 15) is 0 Å². The zero-order chi connectivity index (χ0) is 7.84. The van der Waals surface area contributed by atoms with E-state index < -0.39 is 0 Å². The number of aromatic nitrogens is 1. The molecule has 1 heterocycles. The lowest BCUT2D eigenvalue weighted by atomic mass is 10.2. The fourth-order valence-corrected chi connectivity index (χ4v) is 1.44. The van der Waals surface area contributed by atoms with E-state index in [2.05, 4.69) is 4.98 Å². The number of hydrogen-bond acceptors (Lipinski definition) is 0. The van der Waals surface area contributed by atoms with E-state index in [1.165, 1.54) is 0 Å². The number of fused-ring (bicyclic) bond motifs is 1. The molecule has 1 aromatic carbocycles. The molecule has 0 unspecified atom stereocenters. The minimum atomic E-state index is 0.707. The second-order valence-electron chi connectivity index (χ2n) is 2.33. The van der Waals surface area contributed by atoms with Crippen molar-refractivity contribution in [3.8, 4) is 0 Å². The molecule has 0 saturated carbocycles. The summed E-state index contributed by atoms with van der Waals surface area (Å²) in [6.07, 6.45) is 1.75. The fourth-order valence-electron chi connectivity index (χ4n) is 1.06. The summed E-state index contributed by atoms with van der Waals surface area (Å²) in [5, 5.41) is 2.39. The minimum Gasteiger partial charge on any atom is -0.360 e. The van der Waals surface area contributed by atoms with Gasteiger partial charge in [-0.2, -0.15) is 0 Å². The highest BCUT2D eigenvalue weighted by molar-refractivity contribution is 6.36. The highest BCUT2D eigenvalue weighted by atomic mass is 35.5. The van der Waals surface area contributed by atoms with Gasteiger partial charge in [0.15, 0.2) is 0 Å². The fraction of sp³-hybridized carbons (Fsp3) is 0. The van der Waals surface area contributed by atoms with Crippen LogP contribution in [0.2, 0.25) is 10.0 Å². The van der Waals surface area contributed by atoms with Gasteiger partial charge in [-0.15, -0.1) is 0 Å². The van der Waals surface area contributed by atoms with Gasteiger partial charge in [0.2, 0.25) is 0 Å². The van der Waals surface area contributed by atoms with Crippen molar-refractivity contribution in [1.29, 1.82) is 0 Å². The summed E-state index contributed by atoms with van der Waals surface area (Å²) in [6.45, 7) is 0. The van der Waals surface area contributed by atoms with Crippen LogP contribution in [0.4, 0.5) is 0 Å². The van der Waals surface area contributed by atoms with Crippen LogP contribution in [0.15, 0.2) is 24.4 Å². The standard InChI is InChI=1S/C8H5Cl2N/c9-5-1-2-8-6(3-5)7(10)4-11-8/h1-4,11H. The van der Waals surface area contributed by atoms with Crippen molar-refractivity contribution in [3.05, 3.63) is 34.4 Å². The molecule has 2 rings (SSSR count). The van der Waals surface area contributed by atoms with Crippen LogP contribution in [0, 0.1) is 0 Å². The van der Waals surface area contributed by atoms with Crippen LogP contribution in [0.25, 0.3) is 10.9 Å². The van der Waals surface area contributed by atoms with Crippen LogP contribution < -0.4 is 0 Å². The molecule has 0 atom stereocenters. The molecule has 0 fully saturated rings. The second kappa shape index (κ2) is 2.43. The number of halogens is 2. The van der Waals surface area contributed by atoms with E-state index in [-0.39, 0.29) is 0 Å². The van der Waals surface area contributed by atoms with Crippen molar-refractivity contribution in [3.63, 3.8) is 0 Å². The Hall–Kier alpha value is -0.660. The largest absolute Gasteiger partial charge is 0.360 e. The summed E-state index contributed by atoms with van der Waals surface area (Å²) in [6, 6.07) is 5.58. The summed E-state index contributed by atoms with van der Waals surface area (Å²) in [4.78, 5) is 3.02. The van der Waals surface area contributed by atoms with E-state index >= 15 is 0 Å². The molecule has 2 aromatic rings. The molecule has 1 aromatic heterocycles. The molecule has 0 spiro atoms. The Balaban J connectivity index is 2.87. The molecule has 0 aliphatic rings. The number of rotatable bonds is 0. The van der Waals surface area contributed by atoms with Crippen molar-refractivity contribution in [2.45, 2.75) is 0 Å². The van der Waals surface area contributed by atoms with Crippen LogP contribution in [-0.4, -0.2) is 4.98 Å². The number of hydrogen-bond donors (Lipinski definition) is 1. The summed E-state index contributed by atoms with van der Waals surface area (Å²) >= 11 is 11.6. The van der Waals surface area contributed by atoms with Gasteiger partial charge >= 0.3 is 0 Å². The molecule has 0 radical (unpaired) electrons. The second-order valence-corrected chi connectivity index (χ2v) is 3.17. The third-order valence-corrected chi connectivity index (χ3v) is 2.14. The van der Waals surface area contributed by atoms with Crippen LogP contribution in [0.3, 0.4) is 0 Å². The zero-order valence-corrected chi connectivity index (χ0v) is 7.08. The van der Waals surface area contributed by atoms with E-state index in [0.717, 1.165) is 10.9 Å². The van der Waals surface area contributed by atoms with Gasteiger partial charge in [-0.05, 0) is 18.2 Å². The normalized spacial score (nSPS) is 10.7. The Bertz CT molecular complexity index is 392. The highest BCUT2D eigenvalue weighted by Crippen LogP contribution is 2.25. The monoisotopic (exact) mass is 185 g/mol. The number of H-pyrrole nitrogens is 1. The van der Waals surface area contributed by atoms with Gasteiger partial charge in [0.05, 0.1) is 5.02 Å². The Morgan fingerprint density at radius 2 is 2.00 bits per heavy atom. The Kier molecular flexibility index (Phi) is 1.55. The van der Waals surface area contributed by atoms with Gasteiger partial charge in [-0.25, -0.2) is 0 Å². The Labute approximate surface area is 73.9 Å². The smallest absolute Gasteiger partial charge is 0.0659 e. The van der Waals surface area contributed by atoms with Crippen molar-refractivity contribution >= 4 is 34.1 Å². The molecule has 0 bridgehead atoms. The molecule has 1 nitrogen and oxygen atoms in total. The summed E-state index contributed by atoms with van der Waals surface area (Å²) in [5.74, 6) is 0. The lowest BCUT2D eigenvalue weighted by molar-refractivity contribution is 1.48. The molecule has 0 saturated heterocycles. The molecule has 11 heavy (non-hydrogen) atoms. The van der Waals surface area contributed by atoms with Crippen LogP contribution >= 0.6 is 23.2 Å². The SMILES string of the molecule is Clc1ccc2[nH]cc(Cl)c2c1. The van der Waals surface area contributed by atoms with Gasteiger partial charge < -0.3 is 4.98 Å². The minimum absolute atomic E-state index is 0.707. The van der Waals surface area contributed by atoms with E-state index in [1.807, 2.05) is 18.2 Å². The van der Waals surface area contributed by atoms with Gasteiger partial charge in [0.1, 0.15) is 0 Å². The highest BCUT2D eigenvalue weighted by Gasteiger charge is 1.99. The molecule has 3 heteroatoms. The van der Waals surface area contributed by atoms with E-state index in [4.69, 9.17) is 23.2 Å². The third-order valence-electron chi connectivity index (χ3n) is 1.59. The zero-order valence-electron chi connectivity index (χ0n) is 5.57. The van der Waals surface area contributed by atoms with E-state index in [0.29, 0.717) is 10.0 Å². The quantitative estimate of drug-likeness (QED) is 0.648. The average molecular weight is 186 g/mol. The third kappa shape index (κ3) is 1.10. The van der Waals surface area contributed by atoms with Crippen molar-refractivity contribution in [2.24, 2.45) is 0 Å².